The van der Waals surface area contributed by atoms with Crippen molar-refractivity contribution in [2.24, 2.45) is 0 Å². The molecule has 0 aliphatic rings. The van der Waals surface area contributed by atoms with E-state index in [1.54, 1.807) is 36.0 Å². The molecule has 0 saturated carbocycles. The molecule has 4 rings (SSSR count). The van der Waals surface area contributed by atoms with Crippen molar-refractivity contribution in [3.05, 3.63) is 119 Å². The molecule has 0 fully saturated rings. The van der Waals surface area contributed by atoms with Crippen LogP contribution < -0.4 is 9.47 Å². The first-order valence-corrected chi connectivity index (χ1v) is 11.7. The molecule has 0 bridgehead atoms. The minimum absolute atomic E-state index is 0.153. The normalized spacial score (nSPS) is 11.8. The molecule has 1 heterocycles. The van der Waals surface area contributed by atoms with Crippen molar-refractivity contribution in [3.8, 4) is 11.5 Å². The van der Waals surface area contributed by atoms with Gasteiger partial charge in [0.1, 0.15) is 18.1 Å². The van der Waals surface area contributed by atoms with Crippen molar-refractivity contribution in [2.45, 2.75) is 19.6 Å². The van der Waals surface area contributed by atoms with E-state index in [0.29, 0.717) is 29.2 Å². The van der Waals surface area contributed by atoms with Gasteiger partial charge in [-0.2, -0.15) is 18.3 Å². The highest BCUT2D eigenvalue weighted by atomic mass is 19.4. The number of hydrogen-bond donors (Lipinski definition) is 1. The lowest BCUT2D eigenvalue weighted by atomic mass is 9.96. The first kappa shape index (κ1) is 26.5. The van der Waals surface area contributed by atoms with E-state index in [0.717, 1.165) is 28.8 Å². The minimum Gasteiger partial charge on any atom is -0.489 e. The van der Waals surface area contributed by atoms with E-state index in [4.69, 9.17) is 14.6 Å². The van der Waals surface area contributed by atoms with Gasteiger partial charge in [-0.1, -0.05) is 36.4 Å². The van der Waals surface area contributed by atoms with Gasteiger partial charge in [0.25, 0.3) is 0 Å². The molecule has 1 N–H and O–H groups in total. The summed E-state index contributed by atoms with van der Waals surface area (Å²) in [5, 5.41) is 13.0. The van der Waals surface area contributed by atoms with Crippen LogP contribution in [0.15, 0.2) is 91.3 Å². The Kier molecular flexibility index (Phi) is 8.15. The van der Waals surface area contributed by atoms with Crippen LogP contribution in [0.3, 0.4) is 0 Å². The zero-order valence-electron chi connectivity index (χ0n) is 20.5. The molecule has 0 spiro atoms. The third-order valence-corrected chi connectivity index (χ3v) is 5.73. The van der Waals surface area contributed by atoms with Crippen LogP contribution >= 0.6 is 0 Å². The van der Waals surface area contributed by atoms with Gasteiger partial charge < -0.3 is 14.6 Å². The highest BCUT2D eigenvalue weighted by Crippen LogP contribution is 2.32. The lowest BCUT2D eigenvalue weighted by Crippen LogP contribution is -2.10. The average molecular weight is 523 g/mol. The molecule has 0 amide bonds. The average Bonchev–Trinajstić information content (AvgIpc) is 3.39. The van der Waals surface area contributed by atoms with Gasteiger partial charge in [0.2, 0.25) is 0 Å². The Morgan fingerprint density at radius 3 is 2.26 bits per heavy atom. The third kappa shape index (κ3) is 7.03. The third-order valence-electron chi connectivity index (χ3n) is 5.73. The molecular weight excluding hydrogens is 497 g/mol. The number of nitrogens with zero attached hydrogens (tertiary/aromatic N) is 2. The first-order valence-electron chi connectivity index (χ1n) is 11.7. The summed E-state index contributed by atoms with van der Waals surface area (Å²) in [5.41, 5.74) is 3.19. The Morgan fingerprint density at radius 2 is 1.68 bits per heavy atom. The molecule has 0 atom stereocenters. The molecule has 3 aromatic carbocycles. The molecule has 0 saturated heterocycles. The number of aliphatic carboxylic acids is 1. The second-order valence-electron chi connectivity index (χ2n) is 8.51. The van der Waals surface area contributed by atoms with Gasteiger partial charge in [-0.15, -0.1) is 0 Å². The number of benzene rings is 3. The van der Waals surface area contributed by atoms with Gasteiger partial charge in [-0.25, -0.2) is 4.79 Å². The zero-order chi connectivity index (χ0) is 27.1. The van der Waals surface area contributed by atoms with E-state index in [2.05, 4.69) is 5.10 Å². The highest BCUT2D eigenvalue weighted by molar-refractivity contribution is 5.80. The fourth-order valence-electron chi connectivity index (χ4n) is 3.85. The fourth-order valence-corrected chi connectivity index (χ4v) is 3.85. The van der Waals surface area contributed by atoms with E-state index in [1.165, 1.54) is 12.1 Å². The van der Waals surface area contributed by atoms with Gasteiger partial charge in [-0.05, 0) is 77.2 Å². The Labute approximate surface area is 217 Å². The van der Waals surface area contributed by atoms with Crippen LogP contribution in [0.5, 0.6) is 11.5 Å². The predicted molar refractivity (Wildman–Crippen MR) is 136 cm³/mol. The Hall–Kier alpha value is -4.53. The maximum absolute atomic E-state index is 13.1. The quantitative estimate of drug-likeness (QED) is 0.267. The molecule has 0 aliphatic heterocycles. The van der Waals surface area contributed by atoms with Crippen LogP contribution in [0.2, 0.25) is 0 Å². The molecule has 0 radical (unpaired) electrons. The van der Waals surface area contributed by atoms with E-state index in [-0.39, 0.29) is 6.61 Å². The minimum atomic E-state index is -4.42. The second-order valence-corrected chi connectivity index (χ2v) is 8.51. The van der Waals surface area contributed by atoms with Crippen LogP contribution in [-0.2, 0) is 17.5 Å². The topological polar surface area (TPSA) is 73.6 Å². The monoisotopic (exact) mass is 522 g/mol. The molecule has 9 heteroatoms. The van der Waals surface area contributed by atoms with Gasteiger partial charge in [-0.3, -0.25) is 4.68 Å². The van der Waals surface area contributed by atoms with Gasteiger partial charge in [0.05, 0.1) is 12.1 Å². The van der Waals surface area contributed by atoms with Gasteiger partial charge in [0, 0.05) is 12.4 Å². The Bertz CT molecular complexity index is 1400. The number of ether oxygens (including phenoxy) is 2. The summed E-state index contributed by atoms with van der Waals surface area (Å²) in [6.07, 6.45) is 0.969. The smallest absolute Gasteiger partial charge is 0.416 e. The van der Waals surface area contributed by atoms with Crippen LogP contribution in [0.25, 0.3) is 5.57 Å². The standard InChI is InChI=1S/C29H25F3N2O4/c1-20-17-25(11-12-27(20)38-19-28(35)36)37-16-13-26(23-7-9-24(10-8-23)29(30,31)32)22-5-3-21(4-6-22)18-34-15-2-14-33-34/h2-15,17H,16,18-19H2,1H3,(H,35,36)/b26-13+. The molecule has 0 unspecified atom stereocenters. The van der Waals surface area contributed by atoms with E-state index < -0.39 is 24.3 Å². The van der Waals surface area contributed by atoms with Gasteiger partial charge >= 0.3 is 12.1 Å². The number of carbonyl (C=O) groups is 1. The van der Waals surface area contributed by atoms with Crippen molar-refractivity contribution in [3.63, 3.8) is 0 Å². The Balaban J connectivity index is 1.55. The SMILES string of the molecule is Cc1cc(OC/C=C(\c2ccc(Cn3cccn3)cc2)c2ccc(C(F)(F)F)cc2)ccc1OCC(=O)O. The number of carboxylic acids is 1. The first-order chi connectivity index (χ1) is 18.2. The molecule has 6 nitrogen and oxygen atoms in total. The molecule has 4 aromatic rings. The summed E-state index contributed by atoms with van der Waals surface area (Å²) in [6, 6.07) is 19.6. The van der Waals surface area contributed by atoms with Crippen molar-refractivity contribution in [1.82, 2.24) is 9.78 Å². The van der Waals surface area contributed by atoms with Crippen molar-refractivity contribution in [2.75, 3.05) is 13.2 Å². The van der Waals surface area contributed by atoms with Crippen LogP contribution in [0.4, 0.5) is 13.2 Å². The van der Waals surface area contributed by atoms with E-state index >= 15 is 0 Å². The summed E-state index contributed by atoms with van der Waals surface area (Å²) < 4.78 is 52.2. The van der Waals surface area contributed by atoms with E-state index in [1.807, 2.05) is 42.6 Å². The summed E-state index contributed by atoms with van der Waals surface area (Å²) >= 11 is 0. The number of hydrogen-bond acceptors (Lipinski definition) is 4. The summed E-state index contributed by atoms with van der Waals surface area (Å²) in [5.74, 6) is -0.0845. The molecular formula is C29H25F3N2O4. The van der Waals surface area contributed by atoms with Crippen molar-refractivity contribution in [1.29, 1.82) is 0 Å². The van der Waals surface area contributed by atoms with Crippen LogP contribution in [-0.4, -0.2) is 34.1 Å². The van der Waals surface area contributed by atoms with Crippen LogP contribution in [0, 0.1) is 6.92 Å². The second kappa shape index (κ2) is 11.7. The molecule has 196 valence electrons. The Morgan fingerprint density at radius 1 is 1.00 bits per heavy atom. The summed E-state index contributed by atoms with van der Waals surface area (Å²) in [4.78, 5) is 10.7. The summed E-state index contributed by atoms with van der Waals surface area (Å²) in [7, 11) is 0. The number of aromatic nitrogens is 2. The lowest BCUT2D eigenvalue weighted by molar-refractivity contribution is -0.139. The fraction of sp³-hybridized carbons (Fsp3) is 0.172. The molecule has 0 aliphatic carbocycles. The maximum atomic E-state index is 13.1. The molecule has 1 aromatic heterocycles. The lowest BCUT2D eigenvalue weighted by Gasteiger charge is -2.13. The van der Waals surface area contributed by atoms with Crippen molar-refractivity contribution < 1.29 is 32.5 Å². The number of carboxylic acid groups (broad SMARTS) is 1. The number of aryl methyl sites for hydroxylation is 1. The largest absolute Gasteiger partial charge is 0.489 e. The van der Waals surface area contributed by atoms with E-state index in [9.17, 15) is 18.0 Å². The van der Waals surface area contributed by atoms with Crippen molar-refractivity contribution >= 4 is 11.5 Å². The highest BCUT2D eigenvalue weighted by Gasteiger charge is 2.30. The zero-order valence-corrected chi connectivity index (χ0v) is 20.5. The summed E-state index contributed by atoms with van der Waals surface area (Å²) in [6.45, 7) is 2.08. The predicted octanol–water partition coefficient (Wildman–Crippen LogP) is 6.23. The van der Waals surface area contributed by atoms with Crippen LogP contribution in [0.1, 0.15) is 27.8 Å². The number of rotatable bonds is 10. The number of halogens is 3. The van der Waals surface area contributed by atoms with Gasteiger partial charge in [0.15, 0.2) is 6.61 Å². The number of alkyl halides is 3. The molecule has 38 heavy (non-hydrogen) atoms. The maximum Gasteiger partial charge on any atom is 0.416 e.